The predicted molar refractivity (Wildman–Crippen MR) is 50.4 cm³/mol. The van der Waals surface area contributed by atoms with Gasteiger partial charge in [0.25, 0.3) is 0 Å². The standard InChI is InChI=1S/C10H13NO/c1-3-5-7-9(10(11)12)8-6-4-2/h3,6-7H,1-2,5,8H2,(H2,11,12). The fourth-order valence-electron chi connectivity index (χ4n) is 0.692. The fourth-order valence-corrected chi connectivity index (χ4v) is 0.692. The van der Waals surface area contributed by atoms with E-state index in [-0.39, 0.29) is 0 Å². The van der Waals surface area contributed by atoms with Gasteiger partial charge in [0.15, 0.2) is 0 Å². The number of hydrogen-bond acceptors (Lipinski definition) is 1. The average Bonchev–Trinajstić information content (AvgIpc) is 2.04. The van der Waals surface area contributed by atoms with E-state index in [1.54, 1.807) is 18.2 Å². The first-order valence-corrected chi connectivity index (χ1v) is 3.66. The third-order valence-corrected chi connectivity index (χ3v) is 1.31. The van der Waals surface area contributed by atoms with Crippen LogP contribution < -0.4 is 5.73 Å². The number of hydrogen-bond donors (Lipinski definition) is 1. The minimum absolute atomic E-state index is 0.400. The number of carbonyl (C=O) groups is 1. The van der Waals surface area contributed by atoms with Crippen molar-refractivity contribution >= 4 is 5.91 Å². The molecule has 0 saturated carbocycles. The van der Waals surface area contributed by atoms with Crippen LogP contribution in [0.4, 0.5) is 0 Å². The number of nitrogens with two attached hydrogens (primary N) is 1. The summed E-state index contributed by atoms with van der Waals surface area (Å²) in [5, 5.41) is 0. The van der Waals surface area contributed by atoms with E-state index in [9.17, 15) is 4.79 Å². The molecule has 2 nitrogen and oxygen atoms in total. The fraction of sp³-hybridized carbons (Fsp3) is 0.200. The minimum Gasteiger partial charge on any atom is -0.366 e. The van der Waals surface area contributed by atoms with Crippen molar-refractivity contribution in [2.75, 3.05) is 0 Å². The highest BCUT2D eigenvalue weighted by molar-refractivity contribution is 5.92. The molecule has 0 atom stereocenters. The van der Waals surface area contributed by atoms with Gasteiger partial charge in [0.1, 0.15) is 0 Å². The zero-order valence-electron chi connectivity index (χ0n) is 7.05. The molecule has 0 rings (SSSR count). The Morgan fingerprint density at radius 1 is 1.58 bits per heavy atom. The summed E-state index contributed by atoms with van der Waals surface area (Å²) >= 11 is 0. The van der Waals surface area contributed by atoms with Crippen LogP contribution >= 0.6 is 0 Å². The van der Waals surface area contributed by atoms with Crippen molar-refractivity contribution in [3.8, 4) is 0 Å². The molecule has 0 radical (unpaired) electrons. The SMILES string of the molecule is C=C=CCC(=CCC=C)C(N)=O. The van der Waals surface area contributed by atoms with Crippen LogP contribution in [0.3, 0.4) is 0 Å². The van der Waals surface area contributed by atoms with Crippen LogP contribution in [0.15, 0.2) is 42.7 Å². The Kier molecular flexibility index (Phi) is 5.41. The van der Waals surface area contributed by atoms with Gasteiger partial charge in [-0.25, -0.2) is 0 Å². The van der Waals surface area contributed by atoms with Crippen molar-refractivity contribution in [2.45, 2.75) is 12.8 Å². The van der Waals surface area contributed by atoms with E-state index in [2.05, 4.69) is 18.9 Å². The van der Waals surface area contributed by atoms with Gasteiger partial charge in [0, 0.05) is 12.0 Å². The molecule has 0 unspecified atom stereocenters. The Morgan fingerprint density at radius 3 is 2.67 bits per heavy atom. The van der Waals surface area contributed by atoms with Gasteiger partial charge in [0.05, 0.1) is 0 Å². The molecule has 0 spiro atoms. The van der Waals surface area contributed by atoms with Gasteiger partial charge in [-0.05, 0) is 12.5 Å². The van der Waals surface area contributed by atoms with Crippen LogP contribution in [0.1, 0.15) is 12.8 Å². The van der Waals surface area contributed by atoms with E-state index in [0.717, 1.165) is 0 Å². The van der Waals surface area contributed by atoms with Crippen LogP contribution in [-0.2, 0) is 4.79 Å². The second-order valence-electron chi connectivity index (χ2n) is 2.23. The lowest BCUT2D eigenvalue weighted by atomic mass is 10.1. The molecule has 1 amide bonds. The number of primary amides is 1. The lowest BCUT2D eigenvalue weighted by molar-refractivity contribution is -0.114. The number of allylic oxidation sites excluding steroid dienone is 3. The van der Waals surface area contributed by atoms with Crippen LogP contribution in [0.25, 0.3) is 0 Å². The third kappa shape index (κ3) is 4.31. The van der Waals surface area contributed by atoms with Crippen molar-refractivity contribution in [1.29, 1.82) is 0 Å². The van der Waals surface area contributed by atoms with E-state index in [1.165, 1.54) is 0 Å². The van der Waals surface area contributed by atoms with Crippen molar-refractivity contribution in [1.82, 2.24) is 0 Å². The summed E-state index contributed by atoms with van der Waals surface area (Å²) in [6, 6.07) is 0. The van der Waals surface area contributed by atoms with Gasteiger partial charge >= 0.3 is 0 Å². The molecule has 0 aromatic carbocycles. The van der Waals surface area contributed by atoms with Gasteiger partial charge in [-0.15, -0.1) is 12.3 Å². The molecule has 12 heavy (non-hydrogen) atoms. The maximum atomic E-state index is 10.8. The van der Waals surface area contributed by atoms with Crippen LogP contribution in [0.2, 0.25) is 0 Å². The van der Waals surface area contributed by atoms with Gasteiger partial charge < -0.3 is 5.73 Å². The van der Waals surface area contributed by atoms with Crippen LogP contribution in [-0.4, -0.2) is 5.91 Å². The smallest absolute Gasteiger partial charge is 0.244 e. The predicted octanol–water partition coefficient (Wildman–Crippen LogP) is 1.71. The molecule has 2 N–H and O–H groups in total. The molecule has 0 heterocycles. The highest BCUT2D eigenvalue weighted by Gasteiger charge is 2.00. The molecule has 2 heteroatoms. The average molecular weight is 163 g/mol. The normalized spacial score (nSPS) is 10.2. The molecule has 0 saturated heterocycles. The summed E-state index contributed by atoms with van der Waals surface area (Å²) in [5.74, 6) is -0.400. The van der Waals surface area contributed by atoms with Crippen molar-refractivity contribution < 1.29 is 4.79 Å². The number of rotatable bonds is 5. The van der Waals surface area contributed by atoms with Crippen molar-refractivity contribution in [3.05, 3.63) is 42.7 Å². The molecular weight excluding hydrogens is 150 g/mol. The lowest BCUT2D eigenvalue weighted by Gasteiger charge is -1.96. The second-order valence-corrected chi connectivity index (χ2v) is 2.23. The molecule has 0 aliphatic heterocycles. The van der Waals surface area contributed by atoms with E-state index < -0.39 is 5.91 Å². The topological polar surface area (TPSA) is 43.1 Å². The van der Waals surface area contributed by atoms with E-state index in [0.29, 0.717) is 18.4 Å². The highest BCUT2D eigenvalue weighted by Crippen LogP contribution is 2.02. The first-order valence-electron chi connectivity index (χ1n) is 3.66. The molecule has 0 aromatic heterocycles. The number of carbonyl (C=O) groups excluding carboxylic acids is 1. The largest absolute Gasteiger partial charge is 0.366 e. The Morgan fingerprint density at radius 2 is 2.25 bits per heavy atom. The van der Waals surface area contributed by atoms with Crippen molar-refractivity contribution in [3.63, 3.8) is 0 Å². The maximum absolute atomic E-state index is 10.8. The molecule has 0 aliphatic rings. The Balaban J connectivity index is 4.31. The van der Waals surface area contributed by atoms with Crippen LogP contribution in [0, 0.1) is 0 Å². The summed E-state index contributed by atoms with van der Waals surface area (Å²) < 4.78 is 0. The van der Waals surface area contributed by atoms with Gasteiger partial charge in [-0.2, -0.15) is 0 Å². The lowest BCUT2D eigenvalue weighted by Crippen LogP contribution is -2.13. The minimum atomic E-state index is -0.400. The Hall–Kier alpha value is -1.53. The third-order valence-electron chi connectivity index (χ3n) is 1.31. The molecule has 0 aliphatic carbocycles. The van der Waals surface area contributed by atoms with Crippen molar-refractivity contribution in [2.24, 2.45) is 5.73 Å². The van der Waals surface area contributed by atoms with Gasteiger partial charge in [0.2, 0.25) is 5.91 Å². The van der Waals surface area contributed by atoms with Gasteiger partial charge in [-0.1, -0.05) is 18.7 Å². The molecular formula is C10H13NO. The summed E-state index contributed by atoms with van der Waals surface area (Å²) in [7, 11) is 0. The number of amides is 1. The van der Waals surface area contributed by atoms with E-state index in [4.69, 9.17) is 5.73 Å². The van der Waals surface area contributed by atoms with E-state index in [1.807, 2.05) is 0 Å². The summed E-state index contributed by atoms with van der Waals surface area (Å²) in [6.07, 6.45) is 6.28. The molecule has 0 bridgehead atoms. The molecule has 64 valence electrons. The zero-order chi connectivity index (χ0) is 9.40. The Labute approximate surface area is 72.8 Å². The maximum Gasteiger partial charge on any atom is 0.244 e. The summed E-state index contributed by atoms with van der Waals surface area (Å²) in [6.45, 7) is 6.93. The second kappa shape index (κ2) is 6.20. The van der Waals surface area contributed by atoms with Gasteiger partial charge in [-0.3, -0.25) is 4.79 Å². The van der Waals surface area contributed by atoms with E-state index >= 15 is 0 Å². The summed E-state index contributed by atoms with van der Waals surface area (Å²) in [5.41, 5.74) is 8.26. The first kappa shape index (κ1) is 10.5. The monoisotopic (exact) mass is 163 g/mol. The Bertz CT molecular complexity index is 245. The molecule has 0 fully saturated rings. The highest BCUT2D eigenvalue weighted by atomic mass is 16.1. The molecule has 0 aromatic rings. The van der Waals surface area contributed by atoms with Crippen LogP contribution in [0.5, 0.6) is 0 Å². The zero-order valence-corrected chi connectivity index (χ0v) is 7.05. The first-order chi connectivity index (χ1) is 5.72. The quantitative estimate of drug-likeness (QED) is 0.374. The summed E-state index contributed by atoms with van der Waals surface area (Å²) in [4.78, 5) is 10.8.